The van der Waals surface area contributed by atoms with E-state index < -0.39 is 12.1 Å². The molecule has 0 bridgehead atoms. The summed E-state index contributed by atoms with van der Waals surface area (Å²) in [6.07, 6.45) is 6.87. The summed E-state index contributed by atoms with van der Waals surface area (Å²) in [6, 6.07) is 26.6. The van der Waals surface area contributed by atoms with Crippen LogP contribution in [0.1, 0.15) is 52.7 Å². The number of carboxylic acids is 1. The van der Waals surface area contributed by atoms with Gasteiger partial charge in [-0.3, -0.25) is 14.6 Å². The number of aliphatic carboxylic acids is 1. The quantitative estimate of drug-likeness (QED) is 0.117. The predicted octanol–water partition coefficient (Wildman–Crippen LogP) is 6.87. The van der Waals surface area contributed by atoms with Crippen molar-refractivity contribution >= 4 is 23.9 Å². The van der Waals surface area contributed by atoms with Crippen LogP contribution in [0.3, 0.4) is 0 Å². The highest BCUT2D eigenvalue weighted by Crippen LogP contribution is 2.28. The van der Waals surface area contributed by atoms with E-state index in [4.69, 9.17) is 15.6 Å². The number of rotatable bonds is 12. The van der Waals surface area contributed by atoms with Gasteiger partial charge < -0.3 is 26.2 Å². The largest absolute Gasteiger partial charge is 0.508 e. The van der Waals surface area contributed by atoms with Crippen molar-refractivity contribution in [1.29, 1.82) is 0 Å². The summed E-state index contributed by atoms with van der Waals surface area (Å²) in [5.74, 6) is -1.56. The van der Waals surface area contributed by atoms with E-state index in [2.05, 4.69) is 16.4 Å². The summed E-state index contributed by atoms with van der Waals surface area (Å²) in [4.78, 5) is 41.3. The second-order valence-corrected chi connectivity index (χ2v) is 12.7. The number of nitrogens with one attached hydrogen (secondary N) is 1. The molecule has 0 saturated heterocycles. The first-order chi connectivity index (χ1) is 24.9. The van der Waals surface area contributed by atoms with Crippen LogP contribution in [0, 0.1) is 11.8 Å². The number of nitrogens with two attached hydrogens (primary N) is 1. The molecule has 5 rings (SSSR count). The highest BCUT2D eigenvalue weighted by molar-refractivity contribution is 5.95. The summed E-state index contributed by atoms with van der Waals surface area (Å²) in [5.41, 5.74) is 11.3. The Kier molecular flexibility index (Phi) is 14.5. The number of hydrogen-bond donors (Lipinski definition) is 4. The van der Waals surface area contributed by atoms with Gasteiger partial charge in [0, 0.05) is 43.7 Å². The third-order valence-electron chi connectivity index (χ3n) is 8.87. The standard InChI is InChI=1S/C38H42N4O3.C2HF3O2/c39-24-29-9-11-31(12-10-29)26-41-38(45)35-8-2-7-34(23-35)33-6-1-4-32(22-33)27-42(21-19-28-13-16-36(43)17-14-28)37(44)18-15-30-5-3-20-40-25-30;3-2(4,5)1(6)7/h1-8,13-18,20,22-23,25,29,31,43H,9-12,19,21,24,26-27,39H2,(H,41,45);(H,6,7)/b18-15+;. The number of aromatic hydroxyl groups is 1. The second kappa shape index (κ2) is 19.2. The summed E-state index contributed by atoms with van der Waals surface area (Å²) in [5, 5.41) is 19.9. The van der Waals surface area contributed by atoms with E-state index in [-0.39, 0.29) is 17.6 Å². The molecule has 0 spiro atoms. The van der Waals surface area contributed by atoms with Crippen LogP contribution in [0.4, 0.5) is 13.2 Å². The number of halogens is 3. The first-order valence-corrected chi connectivity index (χ1v) is 17.0. The number of phenols is 1. The van der Waals surface area contributed by atoms with Crippen LogP contribution >= 0.6 is 0 Å². The van der Waals surface area contributed by atoms with E-state index in [1.165, 1.54) is 0 Å². The number of amides is 2. The highest BCUT2D eigenvalue weighted by Gasteiger charge is 2.38. The molecule has 0 aliphatic heterocycles. The molecule has 1 heterocycles. The minimum absolute atomic E-state index is 0.0552. The molecule has 52 heavy (non-hydrogen) atoms. The van der Waals surface area contributed by atoms with Crippen LogP contribution in [0.25, 0.3) is 17.2 Å². The number of nitrogens with zero attached hydrogens (tertiary/aromatic N) is 2. The Labute approximate surface area is 301 Å². The van der Waals surface area contributed by atoms with Crippen LogP contribution in [-0.2, 0) is 22.6 Å². The second-order valence-electron chi connectivity index (χ2n) is 12.7. The fourth-order valence-electron chi connectivity index (χ4n) is 5.86. The zero-order valence-electron chi connectivity index (χ0n) is 28.6. The van der Waals surface area contributed by atoms with Crippen molar-refractivity contribution in [2.24, 2.45) is 17.6 Å². The van der Waals surface area contributed by atoms with Gasteiger partial charge in [0.25, 0.3) is 5.91 Å². The van der Waals surface area contributed by atoms with Gasteiger partial charge in [-0.1, -0.05) is 48.5 Å². The Bertz CT molecular complexity index is 1790. The van der Waals surface area contributed by atoms with Crippen LogP contribution in [-0.4, -0.2) is 63.7 Å². The van der Waals surface area contributed by atoms with Crippen LogP contribution in [0.5, 0.6) is 5.75 Å². The number of benzene rings is 3. The van der Waals surface area contributed by atoms with Crippen LogP contribution in [0.2, 0.25) is 0 Å². The molecule has 4 aromatic rings. The lowest BCUT2D eigenvalue weighted by Crippen LogP contribution is -2.32. The van der Waals surface area contributed by atoms with Gasteiger partial charge >= 0.3 is 12.1 Å². The molecule has 0 unspecified atom stereocenters. The van der Waals surface area contributed by atoms with Gasteiger partial charge in [-0.05, 0) is 121 Å². The Morgan fingerprint density at radius 2 is 1.54 bits per heavy atom. The number of pyridine rings is 1. The maximum atomic E-state index is 13.4. The fraction of sp³-hybridized carbons (Fsp3) is 0.300. The minimum Gasteiger partial charge on any atom is -0.508 e. The molecule has 0 atom stereocenters. The van der Waals surface area contributed by atoms with E-state index in [1.54, 1.807) is 36.7 Å². The van der Waals surface area contributed by atoms with Crippen LogP contribution in [0.15, 0.2) is 103 Å². The third-order valence-corrected chi connectivity index (χ3v) is 8.87. The average molecular weight is 717 g/mol. The van der Waals surface area contributed by atoms with Crippen molar-refractivity contribution in [3.63, 3.8) is 0 Å². The molecule has 1 aliphatic carbocycles. The Morgan fingerprint density at radius 1 is 0.885 bits per heavy atom. The number of carboxylic acid groups (broad SMARTS) is 1. The smallest absolute Gasteiger partial charge is 0.490 e. The molecule has 9 nitrogen and oxygen atoms in total. The average Bonchev–Trinajstić information content (AvgIpc) is 3.16. The minimum atomic E-state index is -5.08. The summed E-state index contributed by atoms with van der Waals surface area (Å²) < 4.78 is 31.7. The molecule has 1 aliphatic rings. The normalized spacial score (nSPS) is 15.7. The summed E-state index contributed by atoms with van der Waals surface area (Å²) in [7, 11) is 0. The molecule has 1 saturated carbocycles. The van der Waals surface area contributed by atoms with E-state index in [9.17, 15) is 27.9 Å². The Hall–Kier alpha value is -5.49. The predicted molar refractivity (Wildman–Crippen MR) is 193 cm³/mol. The topological polar surface area (TPSA) is 146 Å². The van der Waals surface area contributed by atoms with Gasteiger partial charge in [0.1, 0.15) is 5.75 Å². The molecule has 12 heteroatoms. The Morgan fingerprint density at radius 3 is 2.17 bits per heavy atom. The molecule has 2 amide bonds. The summed E-state index contributed by atoms with van der Waals surface area (Å²) in [6.45, 7) is 2.38. The lowest BCUT2D eigenvalue weighted by Gasteiger charge is -2.27. The number of hydrogen-bond acceptors (Lipinski definition) is 6. The van der Waals surface area contributed by atoms with Crippen molar-refractivity contribution in [3.8, 4) is 16.9 Å². The maximum Gasteiger partial charge on any atom is 0.490 e. The van der Waals surface area contributed by atoms with Crippen molar-refractivity contribution < 1.29 is 37.8 Å². The lowest BCUT2D eigenvalue weighted by atomic mass is 9.82. The van der Waals surface area contributed by atoms with Gasteiger partial charge in [-0.15, -0.1) is 0 Å². The van der Waals surface area contributed by atoms with Gasteiger partial charge in [0.2, 0.25) is 5.91 Å². The maximum absolute atomic E-state index is 13.4. The first-order valence-electron chi connectivity index (χ1n) is 17.0. The van der Waals surface area contributed by atoms with Gasteiger partial charge in [0.05, 0.1) is 0 Å². The van der Waals surface area contributed by atoms with Crippen molar-refractivity contribution in [2.45, 2.75) is 44.8 Å². The highest BCUT2D eigenvalue weighted by atomic mass is 19.4. The van der Waals surface area contributed by atoms with Gasteiger partial charge in [0.15, 0.2) is 0 Å². The zero-order chi connectivity index (χ0) is 37.5. The number of aromatic nitrogens is 1. The van der Waals surface area contributed by atoms with Gasteiger partial charge in [-0.2, -0.15) is 13.2 Å². The SMILES string of the molecule is NCC1CCC(CNC(=O)c2cccc(-c3cccc(CN(CCc4ccc(O)cc4)C(=O)/C=C/c4cccnc4)c3)c2)CC1.O=C(O)C(F)(F)F. The molecule has 274 valence electrons. The third kappa shape index (κ3) is 12.7. The number of phenolic OH excluding ortho intramolecular Hbond substituents is 1. The molecule has 1 aromatic heterocycles. The van der Waals surface area contributed by atoms with Crippen molar-refractivity contribution in [1.82, 2.24) is 15.2 Å². The van der Waals surface area contributed by atoms with Gasteiger partial charge in [-0.25, -0.2) is 4.79 Å². The van der Waals surface area contributed by atoms with Crippen LogP contribution < -0.4 is 11.1 Å². The number of carbonyl (C=O) groups excluding carboxylic acids is 2. The molecular weight excluding hydrogens is 673 g/mol. The lowest BCUT2D eigenvalue weighted by molar-refractivity contribution is -0.192. The van der Waals surface area contributed by atoms with E-state index >= 15 is 0 Å². The monoisotopic (exact) mass is 716 g/mol. The van der Waals surface area contributed by atoms with E-state index in [1.807, 2.05) is 71.6 Å². The molecular formula is C40H43F3N4O5. The first kappa shape index (κ1) is 39.3. The number of alkyl halides is 3. The Balaban J connectivity index is 0.000000785. The molecule has 0 radical (unpaired) electrons. The fourth-order valence-corrected chi connectivity index (χ4v) is 5.86. The zero-order valence-corrected chi connectivity index (χ0v) is 28.6. The van der Waals surface area contributed by atoms with Crippen molar-refractivity contribution in [2.75, 3.05) is 19.6 Å². The molecule has 5 N–H and O–H groups in total. The van der Waals surface area contributed by atoms with E-state index in [0.717, 1.165) is 60.0 Å². The van der Waals surface area contributed by atoms with E-state index in [0.29, 0.717) is 43.5 Å². The molecule has 3 aromatic carbocycles. The number of carbonyl (C=O) groups is 3. The molecule has 1 fully saturated rings. The summed E-state index contributed by atoms with van der Waals surface area (Å²) >= 11 is 0. The van der Waals surface area contributed by atoms with Crippen molar-refractivity contribution in [3.05, 3.63) is 126 Å².